The molecule has 21 heavy (non-hydrogen) atoms. The van der Waals surface area contributed by atoms with Crippen LogP contribution in [0.1, 0.15) is 23.0 Å². The van der Waals surface area contributed by atoms with Crippen LogP contribution in [0.3, 0.4) is 0 Å². The maximum Gasteiger partial charge on any atom is 0.251 e. The summed E-state index contributed by atoms with van der Waals surface area (Å²) in [5.74, 6) is 0.157. The average Bonchev–Trinajstić information content (AvgIpc) is 2.84. The fraction of sp³-hybridized carbons (Fsp3) is 0.214. The van der Waals surface area contributed by atoms with Crippen molar-refractivity contribution in [3.8, 4) is 0 Å². The van der Waals surface area contributed by atoms with E-state index in [-0.39, 0.29) is 11.8 Å². The molecule has 0 aliphatic heterocycles. The van der Waals surface area contributed by atoms with Gasteiger partial charge < -0.3 is 15.2 Å². The first-order valence-electron chi connectivity index (χ1n) is 6.26. The fourth-order valence-corrected chi connectivity index (χ4v) is 1.73. The monoisotopic (exact) mass is 307 g/mol. The highest BCUT2D eigenvalue weighted by atomic mass is 35.5. The Hall–Kier alpha value is -2.34. The van der Waals surface area contributed by atoms with Crippen molar-refractivity contribution in [1.82, 2.24) is 10.5 Å². The van der Waals surface area contributed by atoms with Gasteiger partial charge >= 0.3 is 0 Å². The van der Waals surface area contributed by atoms with Gasteiger partial charge in [0, 0.05) is 16.7 Å². The fourth-order valence-electron chi connectivity index (χ4n) is 1.61. The Morgan fingerprint density at radius 1 is 1.29 bits per heavy atom. The zero-order valence-corrected chi connectivity index (χ0v) is 12.3. The van der Waals surface area contributed by atoms with Gasteiger partial charge in [-0.05, 0) is 38.1 Å². The first kappa shape index (κ1) is 15.1. The molecule has 7 heteroatoms. The molecule has 0 spiro atoms. The first-order valence-corrected chi connectivity index (χ1v) is 6.64. The minimum atomic E-state index is -0.717. The number of aryl methyl sites for hydroxylation is 1. The second kappa shape index (κ2) is 6.41. The van der Waals surface area contributed by atoms with Crippen LogP contribution >= 0.6 is 11.6 Å². The van der Waals surface area contributed by atoms with Gasteiger partial charge in [-0.3, -0.25) is 9.59 Å². The van der Waals surface area contributed by atoms with Crippen molar-refractivity contribution in [2.45, 2.75) is 19.9 Å². The Labute approximate surface area is 126 Å². The van der Waals surface area contributed by atoms with Gasteiger partial charge in [-0.25, -0.2) is 0 Å². The predicted molar refractivity (Wildman–Crippen MR) is 78.2 cm³/mol. The van der Waals surface area contributed by atoms with Crippen LogP contribution < -0.4 is 10.6 Å². The molecule has 2 amide bonds. The van der Waals surface area contributed by atoms with Crippen LogP contribution in [0, 0.1) is 6.92 Å². The lowest BCUT2D eigenvalue weighted by Gasteiger charge is -2.12. The Morgan fingerprint density at radius 2 is 1.95 bits per heavy atom. The second-order valence-electron chi connectivity index (χ2n) is 4.51. The van der Waals surface area contributed by atoms with Gasteiger partial charge in [0.1, 0.15) is 11.8 Å². The molecule has 0 aliphatic carbocycles. The van der Waals surface area contributed by atoms with Gasteiger partial charge in [-0.2, -0.15) is 0 Å². The number of hydrogen-bond donors (Lipinski definition) is 2. The van der Waals surface area contributed by atoms with E-state index in [2.05, 4.69) is 15.8 Å². The molecule has 0 radical (unpaired) electrons. The number of rotatable bonds is 4. The highest BCUT2D eigenvalue weighted by molar-refractivity contribution is 6.30. The number of carbonyl (C=O) groups excluding carboxylic acids is 2. The summed E-state index contributed by atoms with van der Waals surface area (Å²) in [5.41, 5.74) is 0.427. The first-order chi connectivity index (χ1) is 9.95. The van der Waals surface area contributed by atoms with Crippen LogP contribution in [-0.4, -0.2) is 23.0 Å². The molecule has 110 valence electrons. The van der Waals surface area contributed by atoms with Crippen LogP contribution in [0.15, 0.2) is 34.9 Å². The third kappa shape index (κ3) is 4.06. The smallest absolute Gasteiger partial charge is 0.251 e. The van der Waals surface area contributed by atoms with Gasteiger partial charge in [0.2, 0.25) is 5.91 Å². The summed E-state index contributed by atoms with van der Waals surface area (Å²) >= 11 is 5.75. The molecule has 1 heterocycles. The highest BCUT2D eigenvalue weighted by Gasteiger charge is 2.17. The lowest BCUT2D eigenvalue weighted by molar-refractivity contribution is -0.117. The van der Waals surface area contributed by atoms with Gasteiger partial charge in [0.05, 0.1) is 0 Å². The quantitative estimate of drug-likeness (QED) is 0.908. The van der Waals surface area contributed by atoms with Gasteiger partial charge in [-0.15, -0.1) is 0 Å². The number of aromatic nitrogens is 1. The number of amides is 2. The van der Waals surface area contributed by atoms with Crippen LogP contribution in [0.5, 0.6) is 0 Å². The summed E-state index contributed by atoms with van der Waals surface area (Å²) < 4.78 is 4.84. The molecular weight excluding hydrogens is 294 g/mol. The molecule has 2 N–H and O–H groups in total. The van der Waals surface area contributed by atoms with Crippen molar-refractivity contribution >= 4 is 29.2 Å². The van der Waals surface area contributed by atoms with Gasteiger partial charge in [-0.1, -0.05) is 16.8 Å². The molecule has 0 aliphatic rings. The van der Waals surface area contributed by atoms with E-state index >= 15 is 0 Å². The Bertz CT molecular complexity index is 652. The van der Waals surface area contributed by atoms with E-state index in [0.717, 1.165) is 0 Å². The Morgan fingerprint density at radius 3 is 2.52 bits per heavy atom. The van der Waals surface area contributed by atoms with Crippen molar-refractivity contribution in [3.63, 3.8) is 0 Å². The maximum absolute atomic E-state index is 12.0. The molecule has 6 nitrogen and oxygen atoms in total. The Kier molecular flexibility index (Phi) is 4.59. The van der Waals surface area contributed by atoms with E-state index in [1.807, 2.05) is 0 Å². The summed E-state index contributed by atoms with van der Waals surface area (Å²) in [7, 11) is 0. The third-order valence-corrected chi connectivity index (χ3v) is 2.98. The summed E-state index contributed by atoms with van der Waals surface area (Å²) in [4.78, 5) is 23.9. The highest BCUT2D eigenvalue weighted by Crippen LogP contribution is 2.10. The van der Waals surface area contributed by atoms with Gasteiger partial charge in [0.15, 0.2) is 5.82 Å². The van der Waals surface area contributed by atoms with E-state index in [1.165, 1.54) is 0 Å². The number of hydrogen-bond acceptors (Lipinski definition) is 4. The number of benzene rings is 1. The number of nitrogens with one attached hydrogen (secondary N) is 2. The lowest BCUT2D eigenvalue weighted by atomic mass is 10.2. The van der Waals surface area contributed by atoms with Crippen LogP contribution in [0.25, 0.3) is 0 Å². The molecule has 1 atom stereocenters. The second-order valence-corrected chi connectivity index (χ2v) is 4.95. The molecule has 1 aromatic heterocycles. The molecule has 0 unspecified atom stereocenters. The van der Waals surface area contributed by atoms with Crippen molar-refractivity contribution in [2.24, 2.45) is 0 Å². The van der Waals surface area contributed by atoms with Crippen molar-refractivity contribution in [3.05, 3.63) is 46.7 Å². The number of anilines is 1. The summed E-state index contributed by atoms with van der Waals surface area (Å²) in [6.07, 6.45) is 0. The van der Waals surface area contributed by atoms with E-state index in [0.29, 0.717) is 22.2 Å². The predicted octanol–water partition coefficient (Wildman–Crippen LogP) is 2.39. The molecule has 1 aromatic carbocycles. The summed E-state index contributed by atoms with van der Waals surface area (Å²) in [6.45, 7) is 3.30. The minimum Gasteiger partial charge on any atom is -0.360 e. The number of carbonyl (C=O) groups is 2. The van der Waals surface area contributed by atoms with Crippen molar-refractivity contribution < 1.29 is 14.1 Å². The molecule has 0 saturated heterocycles. The van der Waals surface area contributed by atoms with Gasteiger partial charge in [0.25, 0.3) is 5.91 Å². The molecule has 2 aromatic rings. The lowest BCUT2D eigenvalue weighted by Crippen LogP contribution is -2.41. The van der Waals surface area contributed by atoms with Crippen molar-refractivity contribution in [1.29, 1.82) is 0 Å². The topological polar surface area (TPSA) is 84.2 Å². The van der Waals surface area contributed by atoms with Crippen LogP contribution in [-0.2, 0) is 4.79 Å². The minimum absolute atomic E-state index is 0.310. The van der Waals surface area contributed by atoms with E-state index in [1.54, 1.807) is 44.2 Å². The largest absolute Gasteiger partial charge is 0.360 e. The third-order valence-electron chi connectivity index (χ3n) is 2.73. The molecule has 0 saturated carbocycles. The van der Waals surface area contributed by atoms with E-state index in [9.17, 15) is 9.59 Å². The SMILES string of the molecule is Cc1cc(NC(=O)[C@@H](C)NC(=O)c2ccc(Cl)cc2)no1. The summed E-state index contributed by atoms with van der Waals surface area (Å²) in [5, 5.41) is 9.33. The average molecular weight is 308 g/mol. The maximum atomic E-state index is 12.0. The standard InChI is InChI=1S/C14H14ClN3O3/c1-8-7-12(18-21-8)17-13(19)9(2)16-14(20)10-3-5-11(15)6-4-10/h3-7,9H,1-2H3,(H,16,20)(H,17,18,19)/t9-/m1/s1. The molecular formula is C14H14ClN3O3. The number of halogens is 1. The number of nitrogens with zero attached hydrogens (tertiary/aromatic N) is 1. The molecule has 0 bridgehead atoms. The Balaban J connectivity index is 1.93. The van der Waals surface area contributed by atoms with E-state index in [4.69, 9.17) is 16.1 Å². The normalized spacial score (nSPS) is 11.8. The molecule has 2 rings (SSSR count). The summed E-state index contributed by atoms with van der Waals surface area (Å²) in [6, 6.07) is 7.27. The van der Waals surface area contributed by atoms with E-state index < -0.39 is 6.04 Å². The van der Waals surface area contributed by atoms with Crippen molar-refractivity contribution in [2.75, 3.05) is 5.32 Å². The zero-order valence-electron chi connectivity index (χ0n) is 11.5. The zero-order chi connectivity index (χ0) is 15.4. The molecule has 0 fully saturated rings. The van der Waals surface area contributed by atoms with Crippen LogP contribution in [0.4, 0.5) is 5.82 Å². The van der Waals surface area contributed by atoms with Crippen LogP contribution in [0.2, 0.25) is 5.02 Å².